The molecule has 0 amide bonds. The van der Waals surface area contributed by atoms with Crippen LogP contribution in [0.15, 0.2) is 18.2 Å². The number of hydrogen-bond acceptors (Lipinski definition) is 3. The molecule has 0 atom stereocenters. The quantitative estimate of drug-likeness (QED) is 0.644. The first-order valence-corrected chi connectivity index (χ1v) is 7.28. The van der Waals surface area contributed by atoms with Gasteiger partial charge in [0.1, 0.15) is 11.5 Å². The predicted molar refractivity (Wildman–Crippen MR) is 77.3 cm³/mol. The Balaban J connectivity index is 1.93. The average molecular weight is 280 g/mol. The van der Waals surface area contributed by atoms with Crippen LogP contribution in [-0.2, 0) is 0 Å². The summed E-state index contributed by atoms with van der Waals surface area (Å²) < 4.78 is 13.1. The summed E-state index contributed by atoms with van der Waals surface area (Å²) in [6.45, 7) is 2.95. The van der Waals surface area contributed by atoms with Crippen molar-refractivity contribution in [2.45, 2.75) is 39.0 Å². The second-order valence-electron chi connectivity index (χ2n) is 5.59. The molecule has 0 aliphatic heterocycles. The topological polar surface area (TPSA) is 55.2 Å². The molecule has 0 spiro atoms. The third-order valence-corrected chi connectivity index (χ3v) is 4.28. The Morgan fingerprint density at radius 3 is 2.55 bits per heavy atom. The second-order valence-corrected chi connectivity index (χ2v) is 5.59. The van der Waals surface area contributed by atoms with Crippen LogP contribution in [0.25, 0.3) is 0 Å². The SMILES string of the molecule is CCC1CCC(CNc2ccc(F)cc2[N+](=O)[O-])CC1. The zero-order valence-corrected chi connectivity index (χ0v) is 11.8. The smallest absolute Gasteiger partial charge is 0.295 e. The van der Waals surface area contributed by atoms with Crippen LogP contribution in [0.4, 0.5) is 15.8 Å². The lowest BCUT2D eigenvalue weighted by Crippen LogP contribution is -2.21. The number of rotatable bonds is 5. The number of halogens is 1. The normalized spacial score (nSPS) is 22.5. The molecular weight excluding hydrogens is 259 g/mol. The summed E-state index contributed by atoms with van der Waals surface area (Å²) in [5.74, 6) is 0.819. The molecule has 0 saturated heterocycles. The van der Waals surface area contributed by atoms with E-state index in [9.17, 15) is 14.5 Å². The van der Waals surface area contributed by atoms with Gasteiger partial charge in [0.15, 0.2) is 0 Å². The number of nitrogens with one attached hydrogen (secondary N) is 1. The van der Waals surface area contributed by atoms with Crippen LogP contribution in [0.5, 0.6) is 0 Å². The highest BCUT2D eigenvalue weighted by Crippen LogP contribution is 2.32. The van der Waals surface area contributed by atoms with E-state index in [4.69, 9.17) is 0 Å². The maximum atomic E-state index is 13.1. The van der Waals surface area contributed by atoms with Crippen molar-refractivity contribution in [1.82, 2.24) is 0 Å². The van der Waals surface area contributed by atoms with Gasteiger partial charge in [0.05, 0.1) is 11.0 Å². The summed E-state index contributed by atoms with van der Waals surface area (Å²) in [6.07, 6.45) is 6.06. The minimum Gasteiger partial charge on any atom is -0.379 e. The van der Waals surface area contributed by atoms with Crippen LogP contribution in [-0.4, -0.2) is 11.5 Å². The Morgan fingerprint density at radius 1 is 1.30 bits per heavy atom. The number of hydrogen-bond donors (Lipinski definition) is 1. The minimum absolute atomic E-state index is 0.188. The van der Waals surface area contributed by atoms with Gasteiger partial charge in [-0.15, -0.1) is 0 Å². The Bertz CT molecular complexity index is 471. The van der Waals surface area contributed by atoms with Crippen LogP contribution < -0.4 is 5.32 Å². The van der Waals surface area contributed by atoms with Crippen molar-refractivity contribution in [2.75, 3.05) is 11.9 Å². The van der Waals surface area contributed by atoms with Gasteiger partial charge in [-0.25, -0.2) is 4.39 Å². The van der Waals surface area contributed by atoms with E-state index >= 15 is 0 Å². The van der Waals surface area contributed by atoms with Gasteiger partial charge >= 0.3 is 0 Å². The number of benzene rings is 1. The maximum Gasteiger partial charge on any atom is 0.295 e. The summed E-state index contributed by atoms with van der Waals surface area (Å²) >= 11 is 0. The van der Waals surface area contributed by atoms with E-state index in [1.54, 1.807) is 0 Å². The van der Waals surface area contributed by atoms with Gasteiger partial charge < -0.3 is 5.32 Å². The first-order chi connectivity index (χ1) is 9.60. The fourth-order valence-corrected chi connectivity index (χ4v) is 2.90. The van der Waals surface area contributed by atoms with Crippen molar-refractivity contribution in [2.24, 2.45) is 11.8 Å². The fourth-order valence-electron chi connectivity index (χ4n) is 2.90. The zero-order chi connectivity index (χ0) is 14.5. The van der Waals surface area contributed by atoms with Crippen LogP contribution in [0.2, 0.25) is 0 Å². The summed E-state index contributed by atoms with van der Waals surface area (Å²) in [5.41, 5.74) is 0.223. The zero-order valence-electron chi connectivity index (χ0n) is 11.8. The molecule has 20 heavy (non-hydrogen) atoms. The highest BCUT2D eigenvalue weighted by Gasteiger charge is 2.21. The average Bonchev–Trinajstić information content (AvgIpc) is 2.46. The summed E-state index contributed by atoms with van der Waals surface area (Å²) in [6, 6.07) is 3.67. The monoisotopic (exact) mass is 280 g/mol. The Kier molecular flexibility index (Phi) is 4.93. The molecule has 1 aliphatic rings. The fraction of sp³-hybridized carbons (Fsp3) is 0.600. The molecule has 1 N–H and O–H groups in total. The standard InChI is InChI=1S/C15H21FN2O2/c1-2-11-3-5-12(6-4-11)10-17-14-8-7-13(16)9-15(14)18(19)20/h7-9,11-12,17H,2-6,10H2,1H3. The van der Waals surface area contributed by atoms with Gasteiger partial charge in [-0.05, 0) is 36.8 Å². The van der Waals surface area contributed by atoms with E-state index in [0.717, 1.165) is 18.5 Å². The first kappa shape index (κ1) is 14.8. The molecule has 0 aromatic heterocycles. The lowest BCUT2D eigenvalue weighted by atomic mass is 9.81. The minimum atomic E-state index is -0.578. The van der Waals surface area contributed by atoms with Gasteiger partial charge in [0.2, 0.25) is 0 Å². The van der Waals surface area contributed by atoms with Gasteiger partial charge in [0.25, 0.3) is 5.69 Å². The molecule has 0 radical (unpaired) electrons. The molecule has 1 aliphatic carbocycles. The van der Waals surface area contributed by atoms with E-state index in [-0.39, 0.29) is 5.69 Å². The van der Waals surface area contributed by atoms with Crippen molar-refractivity contribution < 1.29 is 9.31 Å². The van der Waals surface area contributed by atoms with Gasteiger partial charge in [-0.2, -0.15) is 0 Å². The van der Waals surface area contributed by atoms with Crippen molar-refractivity contribution >= 4 is 11.4 Å². The van der Waals surface area contributed by atoms with Gasteiger partial charge in [-0.3, -0.25) is 10.1 Å². The lowest BCUT2D eigenvalue weighted by Gasteiger charge is -2.28. The molecule has 1 saturated carbocycles. The molecule has 0 unspecified atom stereocenters. The van der Waals surface area contributed by atoms with Crippen molar-refractivity contribution in [3.8, 4) is 0 Å². The molecule has 2 rings (SSSR count). The lowest BCUT2D eigenvalue weighted by molar-refractivity contribution is -0.384. The number of anilines is 1. The van der Waals surface area contributed by atoms with E-state index in [1.165, 1.54) is 44.2 Å². The van der Waals surface area contributed by atoms with Crippen LogP contribution in [0.1, 0.15) is 39.0 Å². The van der Waals surface area contributed by atoms with Crippen LogP contribution in [0, 0.1) is 27.8 Å². The van der Waals surface area contributed by atoms with Gasteiger partial charge in [0, 0.05) is 6.54 Å². The van der Waals surface area contributed by atoms with Crippen LogP contribution in [0.3, 0.4) is 0 Å². The highest BCUT2D eigenvalue weighted by atomic mass is 19.1. The Hall–Kier alpha value is -1.65. The number of nitrogens with zero attached hydrogens (tertiary/aromatic N) is 1. The second kappa shape index (κ2) is 6.68. The Labute approximate surface area is 118 Å². The summed E-state index contributed by atoms with van der Waals surface area (Å²) in [5, 5.41) is 14.0. The summed E-state index contributed by atoms with van der Waals surface area (Å²) in [4.78, 5) is 10.4. The number of nitro groups is 1. The first-order valence-electron chi connectivity index (χ1n) is 7.28. The van der Waals surface area contributed by atoms with E-state index < -0.39 is 10.7 Å². The molecular formula is C15H21FN2O2. The molecule has 110 valence electrons. The summed E-state index contributed by atoms with van der Waals surface area (Å²) in [7, 11) is 0. The van der Waals surface area contributed by atoms with Gasteiger partial charge in [-0.1, -0.05) is 26.2 Å². The predicted octanol–water partition coefficient (Wildman–Crippen LogP) is 4.36. The van der Waals surface area contributed by atoms with E-state index in [1.807, 2.05) is 0 Å². The molecule has 0 heterocycles. The molecule has 1 fully saturated rings. The third-order valence-electron chi connectivity index (χ3n) is 4.28. The molecule has 5 heteroatoms. The molecule has 1 aromatic carbocycles. The van der Waals surface area contributed by atoms with E-state index in [0.29, 0.717) is 11.6 Å². The molecule has 0 bridgehead atoms. The maximum absolute atomic E-state index is 13.1. The highest BCUT2D eigenvalue weighted by molar-refractivity contribution is 5.61. The van der Waals surface area contributed by atoms with Crippen molar-refractivity contribution in [3.05, 3.63) is 34.1 Å². The molecule has 1 aromatic rings. The van der Waals surface area contributed by atoms with E-state index in [2.05, 4.69) is 12.2 Å². The van der Waals surface area contributed by atoms with Crippen molar-refractivity contribution in [3.63, 3.8) is 0 Å². The number of nitro benzene ring substituents is 1. The van der Waals surface area contributed by atoms with Crippen molar-refractivity contribution in [1.29, 1.82) is 0 Å². The third kappa shape index (κ3) is 3.68. The van der Waals surface area contributed by atoms with Crippen LogP contribution >= 0.6 is 0 Å². The molecule has 4 nitrogen and oxygen atoms in total. The Morgan fingerprint density at radius 2 is 1.95 bits per heavy atom. The largest absolute Gasteiger partial charge is 0.379 e.